The number of aromatic carboxylic acids is 1. The Labute approximate surface area is 156 Å². The predicted octanol–water partition coefficient (Wildman–Crippen LogP) is 2.54. The number of hydrogen-bond acceptors (Lipinski definition) is 5. The molecule has 3 aromatic rings. The first-order valence-corrected chi connectivity index (χ1v) is 9.57. The number of piperidine rings is 1. The normalized spacial score (nSPS) is 17.6. The van der Waals surface area contributed by atoms with Crippen molar-refractivity contribution in [1.82, 2.24) is 24.4 Å². The van der Waals surface area contributed by atoms with Crippen LogP contribution in [0.4, 0.5) is 5.69 Å². The van der Waals surface area contributed by atoms with Crippen LogP contribution in [0.2, 0.25) is 0 Å². The van der Waals surface area contributed by atoms with Crippen molar-refractivity contribution in [1.29, 1.82) is 0 Å². The Balaban J connectivity index is 1.51. The maximum absolute atomic E-state index is 11.0. The summed E-state index contributed by atoms with van der Waals surface area (Å²) in [7, 11) is 0. The van der Waals surface area contributed by atoms with Crippen LogP contribution in [0.15, 0.2) is 24.7 Å². The minimum atomic E-state index is -1.07. The first-order chi connectivity index (χ1) is 13.2. The summed E-state index contributed by atoms with van der Waals surface area (Å²) in [4.78, 5) is 18.3. The highest BCUT2D eigenvalue weighted by Crippen LogP contribution is 2.42. The highest BCUT2D eigenvalue weighted by atomic mass is 16.4. The Morgan fingerprint density at radius 2 is 1.96 bits per heavy atom. The van der Waals surface area contributed by atoms with Gasteiger partial charge in [0.1, 0.15) is 0 Å². The fourth-order valence-electron chi connectivity index (χ4n) is 3.88. The van der Waals surface area contributed by atoms with Crippen molar-refractivity contribution in [3.05, 3.63) is 41.6 Å². The molecule has 2 fully saturated rings. The molecule has 0 amide bonds. The maximum atomic E-state index is 11.0. The molecule has 3 aromatic heterocycles. The molecule has 140 valence electrons. The van der Waals surface area contributed by atoms with Crippen molar-refractivity contribution < 1.29 is 9.90 Å². The van der Waals surface area contributed by atoms with Crippen molar-refractivity contribution in [2.24, 2.45) is 0 Å². The summed E-state index contributed by atoms with van der Waals surface area (Å²) in [6.07, 6.45) is 11.9. The van der Waals surface area contributed by atoms with Crippen LogP contribution >= 0.6 is 0 Å². The second-order valence-corrected chi connectivity index (χ2v) is 7.55. The number of rotatable bonds is 5. The lowest BCUT2D eigenvalue weighted by atomic mass is 10.1. The summed E-state index contributed by atoms with van der Waals surface area (Å²) in [5.74, 6) is -0.394. The van der Waals surface area contributed by atoms with Crippen LogP contribution in [0.5, 0.6) is 0 Å². The van der Waals surface area contributed by atoms with Gasteiger partial charge in [0.15, 0.2) is 11.3 Å². The second-order valence-electron chi connectivity index (χ2n) is 7.55. The number of pyridine rings is 1. The number of anilines is 1. The Morgan fingerprint density at radius 1 is 1.15 bits per heavy atom. The van der Waals surface area contributed by atoms with E-state index in [4.69, 9.17) is 10.1 Å². The van der Waals surface area contributed by atoms with E-state index in [0.29, 0.717) is 12.5 Å². The van der Waals surface area contributed by atoms with Gasteiger partial charge in [0.25, 0.3) is 0 Å². The van der Waals surface area contributed by atoms with Crippen molar-refractivity contribution >= 4 is 17.3 Å². The first-order valence-electron chi connectivity index (χ1n) is 9.57. The van der Waals surface area contributed by atoms with Crippen LogP contribution in [0, 0.1) is 0 Å². The Hall–Kier alpha value is -2.90. The minimum Gasteiger partial charge on any atom is -0.476 e. The van der Waals surface area contributed by atoms with E-state index >= 15 is 0 Å². The summed E-state index contributed by atoms with van der Waals surface area (Å²) in [5.41, 5.74) is 4.37. The Bertz CT molecular complexity index is 997. The fraction of sp³-hybridized carbons (Fsp3) is 0.474. The van der Waals surface area contributed by atoms with E-state index in [0.717, 1.165) is 24.4 Å². The number of nitrogens with zero attached hydrogens (tertiary/aromatic N) is 6. The number of fused-ring (bicyclic) bond motifs is 1. The largest absolute Gasteiger partial charge is 0.476 e. The van der Waals surface area contributed by atoms with Crippen molar-refractivity contribution in [2.45, 2.75) is 44.6 Å². The van der Waals surface area contributed by atoms with E-state index in [9.17, 15) is 4.79 Å². The van der Waals surface area contributed by atoms with Gasteiger partial charge in [-0.2, -0.15) is 0 Å². The molecule has 1 aliphatic carbocycles. The van der Waals surface area contributed by atoms with Crippen LogP contribution < -0.4 is 4.90 Å². The van der Waals surface area contributed by atoms with Crippen molar-refractivity contribution in [3.8, 4) is 0 Å². The minimum absolute atomic E-state index is 0.0520. The lowest BCUT2D eigenvalue weighted by molar-refractivity contribution is 0.0690. The smallest absolute Gasteiger partial charge is 0.358 e. The zero-order valence-electron chi connectivity index (χ0n) is 15.1. The van der Waals surface area contributed by atoms with Gasteiger partial charge in [-0.3, -0.25) is 0 Å². The summed E-state index contributed by atoms with van der Waals surface area (Å²) in [6.45, 7) is 2.56. The molecule has 0 aromatic carbocycles. The monoisotopic (exact) mass is 366 g/mol. The summed E-state index contributed by atoms with van der Waals surface area (Å²) < 4.78 is 3.65. The number of imidazole rings is 1. The van der Waals surface area contributed by atoms with E-state index in [1.54, 1.807) is 0 Å². The second kappa shape index (κ2) is 6.37. The summed E-state index contributed by atoms with van der Waals surface area (Å²) in [6, 6.07) is 2.33. The molecule has 8 nitrogen and oxygen atoms in total. The maximum Gasteiger partial charge on any atom is 0.358 e. The number of carboxylic acid groups (broad SMARTS) is 1. The van der Waals surface area contributed by atoms with Gasteiger partial charge in [-0.15, -0.1) is 5.10 Å². The molecule has 1 saturated heterocycles. The highest BCUT2D eigenvalue weighted by Gasteiger charge is 2.26. The highest BCUT2D eigenvalue weighted by molar-refractivity contribution is 5.84. The number of carboxylic acids is 1. The van der Waals surface area contributed by atoms with Gasteiger partial charge in [0, 0.05) is 25.5 Å². The van der Waals surface area contributed by atoms with Gasteiger partial charge in [0.2, 0.25) is 0 Å². The Kier molecular flexibility index (Phi) is 3.84. The molecule has 0 unspecified atom stereocenters. The third-order valence-corrected chi connectivity index (χ3v) is 5.43. The van der Waals surface area contributed by atoms with Crippen molar-refractivity contribution in [3.63, 3.8) is 0 Å². The number of aromatic nitrogens is 5. The zero-order chi connectivity index (χ0) is 18.4. The van der Waals surface area contributed by atoms with E-state index in [2.05, 4.69) is 31.9 Å². The van der Waals surface area contributed by atoms with Crippen LogP contribution in [0.1, 0.15) is 59.8 Å². The SMILES string of the molecule is O=C(O)c1cn(Cc2cn3cc(C4CC4)cc(N4CCCCC4)c3n2)nn1. The number of carbonyl (C=O) groups is 1. The molecule has 0 atom stereocenters. The third-order valence-electron chi connectivity index (χ3n) is 5.43. The molecule has 1 saturated carbocycles. The van der Waals surface area contributed by atoms with Gasteiger partial charge >= 0.3 is 5.97 Å². The fourth-order valence-corrected chi connectivity index (χ4v) is 3.88. The van der Waals surface area contributed by atoms with Crippen LogP contribution in [0.25, 0.3) is 5.65 Å². The van der Waals surface area contributed by atoms with Crippen molar-refractivity contribution in [2.75, 3.05) is 18.0 Å². The van der Waals surface area contributed by atoms with Crippen LogP contribution in [0.3, 0.4) is 0 Å². The van der Waals surface area contributed by atoms with Gasteiger partial charge < -0.3 is 14.4 Å². The van der Waals surface area contributed by atoms with E-state index in [1.165, 1.54) is 54.2 Å². The summed E-state index contributed by atoms with van der Waals surface area (Å²) in [5, 5.41) is 16.6. The molecular weight excluding hydrogens is 344 g/mol. The van der Waals surface area contributed by atoms with Gasteiger partial charge in [0.05, 0.1) is 24.1 Å². The van der Waals surface area contributed by atoms with Crippen LogP contribution in [-0.4, -0.2) is 48.5 Å². The topological polar surface area (TPSA) is 88.5 Å². The molecule has 2 aliphatic rings. The molecular formula is C19H22N6O2. The molecule has 4 heterocycles. The zero-order valence-corrected chi connectivity index (χ0v) is 15.1. The molecule has 5 rings (SSSR count). The molecule has 27 heavy (non-hydrogen) atoms. The molecule has 0 spiro atoms. The third kappa shape index (κ3) is 3.15. The lowest BCUT2D eigenvalue weighted by Gasteiger charge is -2.29. The number of hydrogen-bond donors (Lipinski definition) is 1. The Morgan fingerprint density at radius 3 is 2.67 bits per heavy atom. The van der Waals surface area contributed by atoms with E-state index in [-0.39, 0.29) is 5.69 Å². The van der Waals surface area contributed by atoms with Gasteiger partial charge in [-0.1, -0.05) is 5.21 Å². The lowest BCUT2D eigenvalue weighted by Crippen LogP contribution is -2.30. The summed E-state index contributed by atoms with van der Waals surface area (Å²) >= 11 is 0. The average Bonchev–Trinajstić information content (AvgIpc) is 3.28. The predicted molar refractivity (Wildman–Crippen MR) is 99.3 cm³/mol. The van der Waals surface area contributed by atoms with Gasteiger partial charge in [-0.05, 0) is 49.7 Å². The molecule has 8 heteroatoms. The van der Waals surface area contributed by atoms with E-state index < -0.39 is 5.97 Å². The van der Waals surface area contributed by atoms with Crippen LogP contribution in [-0.2, 0) is 6.54 Å². The first kappa shape index (κ1) is 16.3. The molecule has 1 N–H and O–H groups in total. The van der Waals surface area contributed by atoms with E-state index in [1.807, 2.05) is 6.20 Å². The standard InChI is InChI=1S/C19H22N6O2/c26-19(27)16-12-25(22-21-16)11-15-10-24-9-14(13-4-5-13)8-17(18(24)20-15)23-6-2-1-3-7-23/h8-10,12-13H,1-7,11H2,(H,26,27). The molecule has 0 bridgehead atoms. The molecule has 1 aliphatic heterocycles. The quantitative estimate of drug-likeness (QED) is 0.746. The van der Waals surface area contributed by atoms with Gasteiger partial charge in [-0.25, -0.2) is 14.5 Å². The average molecular weight is 366 g/mol. The molecule has 0 radical (unpaired) electrons.